The number of carbonyl (C=O) groups excluding carboxylic acids is 2. The van der Waals surface area contributed by atoms with Gasteiger partial charge in [-0.2, -0.15) is 0 Å². The van der Waals surface area contributed by atoms with Crippen LogP contribution in [0.25, 0.3) is 0 Å². The third kappa shape index (κ3) is 6.94. The Morgan fingerprint density at radius 2 is 1.74 bits per heavy atom. The first-order valence-electron chi connectivity index (χ1n) is 12.8. The summed E-state index contributed by atoms with van der Waals surface area (Å²) >= 11 is 0. The molecule has 8 nitrogen and oxygen atoms in total. The van der Waals surface area contributed by atoms with Gasteiger partial charge in [-0.15, -0.1) is 0 Å². The van der Waals surface area contributed by atoms with E-state index in [4.69, 9.17) is 0 Å². The number of nitrogens with zero attached hydrogens (tertiary/aromatic N) is 4. The van der Waals surface area contributed by atoms with Crippen LogP contribution >= 0.6 is 0 Å². The van der Waals surface area contributed by atoms with Crippen LogP contribution in [0, 0.1) is 11.8 Å². The largest absolute Gasteiger partial charge is 0.354 e. The number of para-hydroxylation sites is 1. The molecule has 1 aromatic heterocycles. The number of anilines is 2. The number of aromatic nitrogens is 1. The third-order valence-corrected chi connectivity index (χ3v) is 6.94. The fourth-order valence-corrected chi connectivity index (χ4v) is 5.02. The minimum absolute atomic E-state index is 0.00377. The number of likely N-dealkylation sites (tertiary alicyclic amines) is 1. The summed E-state index contributed by atoms with van der Waals surface area (Å²) in [5.41, 5.74) is 0.709. The Bertz CT molecular complexity index is 947. The first kappa shape index (κ1) is 25.0. The van der Waals surface area contributed by atoms with Crippen LogP contribution in [-0.4, -0.2) is 78.6 Å². The molecule has 4 rings (SSSR count). The highest BCUT2D eigenvalue weighted by Gasteiger charge is 2.32. The van der Waals surface area contributed by atoms with Crippen LogP contribution < -0.4 is 15.5 Å². The van der Waals surface area contributed by atoms with Crippen molar-refractivity contribution < 1.29 is 9.59 Å². The maximum atomic E-state index is 13.4. The number of nitrogens with one attached hydrogen (secondary N) is 2. The molecular weight excluding hydrogens is 440 g/mol. The van der Waals surface area contributed by atoms with E-state index in [0.29, 0.717) is 11.6 Å². The number of hydrogen-bond donors (Lipinski definition) is 2. The number of piperidine rings is 1. The molecule has 0 aliphatic carbocycles. The second kappa shape index (κ2) is 12.0. The highest BCUT2D eigenvalue weighted by molar-refractivity contribution is 5.93. The first-order chi connectivity index (χ1) is 17.0. The summed E-state index contributed by atoms with van der Waals surface area (Å²) in [4.78, 5) is 37.3. The Balaban J connectivity index is 1.27. The summed E-state index contributed by atoms with van der Waals surface area (Å²) in [7, 11) is 0. The lowest BCUT2D eigenvalue weighted by Gasteiger charge is -2.40. The van der Waals surface area contributed by atoms with Crippen molar-refractivity contribution in [3.05, 3.63) is 54.7 Å². The van der Waals surface area contributed by atoms with Gasteiger partial charge in [-0.05, 0) is 48.9 Å². The monoisotopic (exact) mass is 478 g/mol. The van der Waals surface area contributed by atoms with Crippen LogP contribution in [-0.2, 0) is 4.79 Å². The SMILES string of the molecule is CC(C)C(NC(=O)Nc1ccccc1)C(=O)N1CCCC(CN2CCN(c3ccccn3)CC2)C1. The molecular formula is C27H38N6O2. The van der Waals surface area contributed by atoms with E-state index in [9.17, 15) is 9.59 Å². The quantitative estimate of drug-likeness (QED) is 0.638. The molecule has 188 valence electrons. The summed E-state index contributed by atoms with van der Waals surface area (Å²) in [5.74, 6) is 1.53. The number of urea groups is 1. The maximum absolute atomic E-state index is 13.4. The normalized spacial score (nSPS) is 19.9. The Morgan fingerprint density at radius 1 is 1.00 bits per heavy atom. The van der Waals surface area contributed by atoms with Crippen LogP contribution in [0.3, 0.4) is 0 Å². The van der Waals surface area contributed by atoms with Crippen molar-refractivity contribution in [2.24, 2.45) is 11.8 Å². The van der Waals surface area contributed by atoms with E-state index in [0.717, 1.165) is 64.5 Å². The zero-order chi connectivity index (χ0) is 24.6. The second-order valence-corrected chi connectivity index (χ2v) is 9.95. The van der Waals surface area contributed by atoms with Crippen molar-refractivity contribution in [3.63, 3.8) is 0 Å². The van der Waals surface area contributed by atoms with Gasteiger partial charge in [0, 0.05) is 57.7 Å². The molecule has 2 atom stereocenters. The number of benzene rings is 1. The number of piperazine rings is 1. The summed E-state index contributed by atoms with van der Waals surface area (Å²) in [5, 5.41) is 5.74. The van der Waals surface area contributed by atoms with Gasteiger partial charge in [-0.25, -0.2) is 9.78 Å². The molecule has 1 aromatic carbocycles. The van der Waals surface area contributed by atoms with Crippen LogP contribution in [0.4, 0.5) is 16.3 Å². The minimum atomic E-state index is -0.542. The van der Waals surface area contributed by atoms with Gasteiger partial charge in [-0.3, -0.25) is 9.69 Å². The smallest absolute Gasteiger partial charge is 0.319 e. The van der Waals surface area contributed by atoms with Crippen molar-refractivity contribution >= 4 is 23.4 Å². The van der Waals surface area contributed by atoms with Crippen molar-refractivity contribution in [1.82, 2.24) is 20.1 Å². The van der Waals surface area contributed by atoms with Gasteiger partial charge >= 0.3 is 6.03 Å². The van der Waals surface area contributed by atoms with E-state index < -0.39 is 6.04 Å². The number of amides is 3. The van der Waals surface area contributed by atoms with Crippen LogP contribution in [0.2, 0.25) is 0 Å². The molecule has 0 radical (unpaired) electrons. The molecule has 2 aliphatic heterocycles. The Labute approximate surface area is 208 Å². The molecule has 2 aromatic rings. The molecule has 0 saturated carbocycles. The van der Waals surface area contributed by atoms with E-state index in [2.05, 4.69) is 31.5 Å². The number of rotatable bonds is 7. The molecule has 0 spiro atoms. The Hall–Kier alpha value is -3.13. The van der Waals surface area contributed by atoms with Gasteiger partial charge in [0.25, 0.3) is 0 Å². The first-order valence-corrected chi connectivity index (χ1v) is 12.8. The van der Waals surface area contributed by atoms with E-state index in [1.807, 2.05) is 67.4 Å². The lowest BCUT2D eigenvalue weighted by atomic mass is 9.95. The molecule has 35 heavy (non-hydrogen) atoms. The molecule has 2 saturated heterocycles. The van der Waals surface area contributed by atoms with Gasteiger partial charge in [0.15, 0.2) is 0 Å². The number of carbonyl (C=O) groups is 2. The third-order valence-electron chi connectivity index (χ3n) is 6.94. The van der Waals surface area contributed by atoms with Crippen molar-refractivity contribution in [1.29, 1.82) is 0 Å². The molecule has 0 bridgehead atoms. The Morgan fingerprint density at radius 3 is 2.43 bits per heavy atom. The molecule has 2 unspecified atom stereocenters. The molecule has 3 heterocycles. The second-order valence-electron chi connectivity index (χ2n) is 9.95. The van der Waals surface area contributed by atoms with Crippen LogP contribution in [0.15, 0.2) is 54.7 Å². The minimum Gasteiger partial charge on any atom is -0.354 e. The standard InChI is InChI=1S/C27H38N6O2/c1-21(2)25(30-27(35)29-23-10-4-3-5-11-23)26(34)33-14-8-9-22(20-33)19-31-15-17-32(18-16-31)24-12-6-7-13-28-24/h3-7,10-13,21-22,25H,8-9,14-20H2,1-2H3,(H2,29,30,35). The lowest BCUT2D eigenvalue weighted by Crippen LogP contribution is -2.55. The summed E-state index contributed by atoms with van der Waals surface area (Å²) < 4.78 is 0. The van der Waals surface area contributed by atoms with Gasteiger partial charge in [0.2, 0.25) is 5.91 Å². The van der Waals surface area contributed by atoms with Crippen molar-refractivity contribution in [3.8, 4) is 0 Å². The van der Waals surface area contributed by atoms with Gasteiger partial charge in [0.05, 0.1) is 0 Å². The zero-order valence-electron chi connectivity index (χ0n) is 20.9. The highest BCUT2D eigenvalue weighted by atomic mass is 16.2. The summed E-state index contributed by atoms with van der Waals surface area (Å²) in [6, 6.07) is 14.5. The summed E-state index contributed by atoms with van der Waals surface area (Å²) in [6.45, 7) is 10.5. The van der Waals surface area contributed by atoms with Crippen molar-refractivity contribution in [2.45, 2.75) is 32.7 Å². The number of pyridine rings is 1. The topological polar surface area (TPSA) is 80.8 Å². The Kier molecular flexibility index (Phi) is 8.58. The van der Waals surface area contributed by atoms with Crippen LogP contribution in [0.5, 0.6) is 0 Å². The van der Waals surface area contributed by atoms with Gasteiger partial charge in [-0.1, -0.05) is 38.1 Å². The van der Waals surface area contributed by atoms with E-state index in [1.54, 1.807) is 0 Å². The fraction of sp³-hybridized carbons (Fsp3) is 0.519. The molecule has 2 N–H and O–H groups in total. The fourth-order valence-electron chi connectivity index (χ4n) is 5.02. The number of hydrogen-bond acceptors (Lipinski definition) is 5. The average Bonchev–Trinajstić information content (AvgIpc) is 2.88. The predicted molar refractivity (Wildman–Crippen MR) is 139 cm³/mol. The van der Waals surface area contributed by atoms with Gasteiger partial charge < -0.3 is 20.4 Å². The molecule has 8 heteroatoms. The average molecular weight is 479 g/mol. The highest BCUT2D eigenvalue weighted by Crippen LogP contribution is 2.21. The van der Waals surface area contributed by atoms with E-state index >= 15 is 0 Å². The van der Waals surface area contributed by atoms with Crippen LogP contribution in [0.1, 0.15) is 26.7 Å². The molecule has 2 fully saturated rings. The van der Waals surface area contributed by atoms with E-state index in [-0.39, 0.29) is 17.9 Å². The summed E-state index contributed by atoms with van der Waals surface area (Å²) in [6.07, 6.45) is 3.99. The predicted octanol–water partition coefficient (Wildman–Crippen LogP) is 3.29. The van der Waals surface area contributed by atoms with E-state index in [1.165, 1.54) is 0 Å². The molecule has 2 aliphatic rings. The molecule has 3 amide bonds. The maximum Gasteiger partial charge on any atom is 0.319 e. The van der Waals surface area contributed by atoms with Crippen molar-refractivity contribution in [2.75, 3.05) is 56.0 Å². The zero-order valence-corrected chi connectivity index (χ0v) is 20.9. The lowest BCUT2D eigenvalue weighted by molar-refractivity contribution is -0.136. The van der Waals surface area contributed by atoms with Gasteiger partial charge in [0.1, 0.15) is 11.9 Å².